The molecule has 0 fully saturated rings. The molecule has 0 spiro atoms. The van der Waals surface area contributed by atoms with Crippen molar-refractivity contribution in [3.8, 4) is 23.5 Å². The van der Waals surface area contributed by atoms with Crippen LogP contribution in [0.5, 0.6) is 0 Å². The van der Waals surface area contributed by atoms with E-state index in [0.29, 0.717) is 17.4 Å². The second kappa shape index (κ2) is 7.58. The zero-order valence-electron chi connectivity index (χ0n) is 14.1. The number of urea groups is 1. The molecule has 2 N–H and O–H groups in total. The van der Waals surface area contributed by atoms with Crippen LogP contribution in [0.3, 0.4) is 0 Å². The van der Waals surface area contributed by atoms with Gasteiger partial charge in [0.2, 0.25) is 0 Å². The Bertz CT molecular complexity index is 1140. The van der Waals surface area contributed by atoms with E-state index in [4.69, 9.17) is 6.42 Å². The molecule has 0 aliphatic carbocycles. The summed E-state index contributed by atoms with van der Waals surface area (Å²) in [6, 6.07) is 13.9. The van der Waals surface area contributed by atoms with Gasteiger partial charge in [0.25, 0.3) is 0 Å². The number of amides is 2. The molecule has 0 aliphatic heterocycles. The van der Waals surface area contributed by atoms with Crippen molar-refractivity contribution in [2.45, 2.75) is 6.54 Å². The summed E-state index contributed by atoms with van der Waals surface area (Å²) in [5.41, 5.74) is 6.17. The highest BCUT2D eigenvalue weighted by molar-refractivity contribution is 7.17. The molecule has 0 saturated carbocycles. The van der Waals surface area contributed by atoms with E-state index in [1.165, 1.54) is 21.6 Å². The number of carbonyl (C=O) groups is 1. The van der Waals surface area contributed by atoms with Crippen molar-refractivity contribution in [2.75, 3.05) is 5.32 Å². The lowest BCUT2D eigenvalue weighted by atomic mass is 10.0. The lowest BCUT2D eigenvalue weighted by Gasteiger charge is -2.07. The first kappa shape index (κ1) is 17.2. The van der Waals surface area contributed by atoms with Gasteiger partial charge in [0.15, 0.2) is 5.01 Å². The first-order valence-electron chi connectivity index (χ1n) is 8.11. The molecule has 0 radical (unpaired) electrons. The first-order valence-corrected chi connectivity index (χ1v) is 9.87. The summed E-state index contributed by atoms with van der Waals surface area (Å²) in [6.07, 6.45) is 5.27. The van der Waals surface area contributed by atoms with Crippen LogP contribution in [0.2, 0.25) is 0 Å². The summed E-state index contributed by atoms with van der Waals surface area (Å²) in [4.78, 5) is 20.4. The quantitative estimate of drug-likeness (QED) is 0.495. The summed E-state index contributed by atoms with van der Waals surface area (Å²) >= 11 is 2.95. The Hall–Kier alpha value is -3.21. The zero-order chi connectivity index (χ0) is 18.6. The second-order valence-electron chi connectivity index (χ2n) is 5.69. The largest absolute Gasteiger partial charge is 0.334 e. The van der Waals surface area contributed by atoms with E-state index in [2.05, 4.69) is 44.7 Å². The maximum atomic E-state index is 12.0. The Morgan fingerprint density at radius 2 is 2.00 bits per heavy atom. The molecule has 132 valence electrons. The summed E-state index contributed by atoms with van der Waals surface area (Å²) in [7, 11) is 0. The molecule has 0 unspecified atom stereocenters. The Kier molecular flexibility index (Phi) is 4.83. The maximum absolute atomic E-state index is 12.0. The molecule has 7 heteroatoms. The second-order valence-corrected chi connectivity index (χ2v) is 7.41. The molecule has 2 amide bonds. The van der Waals surface area contributed by atoms with E-state index in [1.54, 1.807) is 16.7 Å². The molecule has 27 heavy (non-hydrogen) atoms. The average Bonchev–Trinajstić information content (AvgIpc) is 3.35. The third kappa shape index (κ3) is 3.82. The Balaban J connectivity index is 1.40. The third-order valence-corrected chi connectivity index (χ3v) is 5.59. The van der Waals surface area contributed by atoms with Crippen LogP contribution in [0, 0.1) is 12.3 Å². The van der Waals surface area contributed by atoms with Crippen LogP contribution < -0.4 is 10.6 Å². The molecule has 2 heterocycles. The Labute approximate surface area is 164 Å². The molecule has 4 aromatic rings. The van der Waals surface area contributed by atoms with E-state index in [0.717, 1.165) is 16.6 Å². The lowest BCUT2D eigenvalue weighted by Crippen LogP contribution is -2.28. The van der Waals surface area contributed by atoms with E-state index in [1.807, 2.05) is 29.8 Å². The summed E-state index contributed by atoms with van der Waals surface area (Å²) < 4.78 is 1.18. The van der Waals surface area contributed by atoms with E-state index in [-0.39, 0.29) is 6.03 Å². The highest BCUT2D eigenvalue weighted by Gasteiger charge is 2.07. The van der Waals surface area contributed by atoms with Gasteiger partial charge in [0, 0.05) is 17.5 Å². The zero-order valence-corrected chi connectivity index (χ0v) is 15.7. The molecule has 0 aliphatic rings. The van der Waals surface area contributed by atoms with Gasteiger partial charge in [-0.15, -0.1) is 29.1 Å². The summed E-state index contributed by atoms with van der Waals surface area (Å²) in [5, 5.41) is 7.73. The van der Waals surface area contributed by atoms with Crippen LogP contribution in [0.4, 0.5) is 10.6 Å². The molecule has 0 bridgehead atoms. The number of fused-ring (bicyclic) bond motifs is 1. The Morgan fingerprint density at radius 1 is 1.15 bits per heavy atom. The summed E-state index contributed by atoms with van der Waals surface area (Å²) in [5.74, 6) is 2.90. The standard InChI is InChI=1S/C20H14N4OS2/c1-2-18-23-17(11-26-18)24-20(25)21-10-13-6-8-14(9-7-13)15-4-3-5-16-19(15)27-12-22-16/h1,3-9,11-12H,10H2,(H2,21,24,25). The van der Waals surface area contributed by atoms with Crippen molar-refractivity contribution in [3.05, 3.63) is 63.9 Å². The average molecular weight is 390 g/mol. The molecular weight excluding hydrogens is 376 g/mol. The van der Waals surface area contributed by atoms with E-state index >= 15 is 0 Å². The van der Waals surface area contributed by atoms with E-state index in [9.17, 15) is 4.79 Å². The van der Waals surface area contributed by atoms with Gasteiger partial charge in [0.1, 0.15) is 5.82 Å². The van der Waals surface area contributed by atoms with Crippen molar-refractivity contribution in [2.24, 2.45) is 0 Å². The lowest BCUT2D eigenvalue weighted by molar-refractivity contribution is 0.251. The number of terminal acetylenes is 1. The fourth-order valence-electron chi connectivity index (χ4n) is 2.66. The number of aromatic nitrogens is 2. The van der Waals surface area contributed by atoms with Crippen molar-refractivity contribution in [1.29, 1.82) is 0 Å². The monoisotopic (exact) mass is 390 g/mol. The molecule has 4 rings (SSSR count). The topological polar surface area (TPSA) is 66.9 Å². The minimum atomic E-state index is -0.317. The van der Waals surface area contributed by atoms with Crippen LogP contribution in [-0.2, 0) is 6.54 Å². The third-order valence-electron chi connectivity index (χ3n) is 3.94. The van der Waals surface area contributed by atoms with E-state index < -0.39 is 0 Å². The SMILES string of the molecule is C#Cc1nc(NC(=O)NCc2ccc(-c3cccc4ncsc34)cc2)cs1. The molecule has 0 saturated heterocycles. The normalized spacial score (nSPS) is 10.5. The fourth-order valence-corrected chi connectivity index (χ4v) is 4.04. The number of benzene rings is 2. The molecule has 5 nitrogen and oxygen atoms in total. The van der Waals surface area contributed by atoms with Crippen LogP contribution >= 0.6 is 22.7 Å². The van der Waals surface area contributed by atoms with Crippen LogP contribution in [0.25, 0.3) is 21.3 Å². The number of rotatable bonds is 4. The van der Waals surface area contributed by atoms with Gasteiger partial charge in [0.05, 0.1) is 15.7 Å². The van der Waals surface area contributed by atoms with Gasteiger partial charge in [-0.1, -0.05) is 36.4 Å². The van der Waals surface area contributed by atoms with Gasteiger partial charge < -0.3 is 5.32 Å². The highest BCUT2D eigenvalue weighted by atomic mass is 32.1. The van der Waals surface area contributed by atoms with Gasteiger partial charge in [-0.25, -0.2) is 14.8 Å². The maximum Gasteiger partial charge on any atom is 0.320 e. The van der Waals surface area contributed by atoms with Gasteiger partial charge in [-0.2, -0.15) is 0 Å². The van der Waals surface area contributed by atoms with Crippen LogP contribution in [0.15, 0.2) is 53.4 Å². The number of nitrogens with zero attached hydrogens (tertiary/aromatic N) is 2. The number of hydrogen-bond donors (Lipinski definition) is 2. The molecule has 2 aromatic heterocycles. The fraction of sp³-hybridized carbons (Fsp3) is 0.0500. The van der Waals surface area contributed by atoms with Gasteiger partial charge >= 0.3 is 6.03 Å². The number of nitrogens with one attached hydrogen (secondary N) is 2. The van der Waals surface area contributed by atoms with Crippen molar-refractivity contribution in [3.63, 3.8) is 0 Å². The molecule has 2 aromatic carbocycles. The van der Waals surface area contributed by atoms with Gasteiger partial charge in [-0.05, 0) is 23.1 Å². The smallest absolute Gasteiger partial charge is 0.320 e. The number of anilines is 1. The number of thiazole rings is 2. The minimum Gasteiger partial charge on any atom is -0.334 e. The van der Waals surface area contributed by atoms with Crippen LogP contribution in [0.1, 0.15) is 10.6 Å². The Morgan fingerprint density at radius 3 is 2.78 bits per heavy atom. The van der Waals surface area contributed by atoms with Crippen molar-refractivity contribution < 1.29 is 4.79 Å². The highest BCUT2D eigenvalue weighted by Crippen LogP contribution is 2.31. The van der Waals surface area contributed by atoms with Crippen molar-refractivity contribution in [1.82, 2.24) is 15.3 Å². The predicted octanol–water partition coefficient (Wildman–Crippen LogP) is 4.72. The summed E-state index contributed by atoms with van der Waals surface area (Å²) in [6.45, 7) is 0.420. The molecular formula is C20H14N4OS2. The van der Waals surface area contributed by atoms with Crippen LogP contribution in [-0.4, -0.2) is 16.0 Å². The minimum absolute atomic E-state index is 0.317. The first-order chi connectivity index (χ1) is 13.2. The number of hydrogen-bond acceptors (Lipinski definition) is 5. The molecule has 0 atom stereocenters. The predicted molar refractivity (Wildman–Crippen MR) is 111 cm³/mol. The van der Waals surface area contributed by atoms with Crippen molar-refractivity contribution >= 4 is 44.7 Å². The van der Waals surface area contributed by atoms with Gasteiger partial charge in [-0.3, -0.25) is 5.32 Å². The number of carbonyl (C=O) groups excluding carboxylic acids is 1.